The fourth-order valence-corrected chi connectivity index (χ4v) is 2.63. The van der Waals surface area contributed by atoms with Crippen molar-refractivity contribution in [2.24, 2.45) is 0 Å². The number of aromatic nitrogens is 2. The third kappa shape index (κ3) is 3.95. The highest BCUT2D eigenvalue weighted by Gasteiger charge is 2.11. The van der Waals surface area contributed by atoms with E-state index in [9.17, 15) is 4.79 Å². The topological polar surface area (TPSA) is 77.2 Å². The Hall–Kier alpha value is -2.67. The minimum absolute atomic E-state index is 0.106. The van der Waals surface area contributed by atoms with Crippen LogP contribution in [0.2, 0.25) is 0 Å². The maximum atomic E-state index is 11.9. The smallest absolute Gasteiger partial charge is 0.227 e. The number of aryl methyl sites for hydroxylation is 1. The van der Waals surface area contributed by atoms with E-state index in [-0.39, 0.29) is 12.3 Å². The predicted molar refractivity (Wildman–Crippen MR) is 87.6 cm³/mol. The number of methoxy groups -OCH3 is 1. The van der Waals surface area contributed by atoms with Crippen LogP contribution in [0.5, 0.6) is 5.75 Å². The first-order valence-corrected chi connectivity index (χ1v) is 7.93. The summed E-state index contributed by atoms with van der Waals surface area (Å²) >= 11 is 1.54. The molecule has 0 aliphatic heterocycles. The summed E-state index contributed by atoms with van der Waals surface area (Å²) in [7, 11) is 1.60. The summed E-state index contributed by atoms with van der Waals surface area (Å²) in [5.74, 6) is 1.66. The van der Waals surface area contributed by atoms with Crippen molar-refractivity contribution in [2.75, 3.05) is 12.4 Å². The van der Waals surface area contributed by atoms with E-state index in [2.05, 4.69) is 15.5 Å². The second-order valence-electron chi connectivity index (χ2n) is 4.77. The van der Waals surface area contributed by atoms with Gasteiger partial charge in [0.05, 0.1) is 12.0 Å². The number of hydrogen-bond donors (Lipinski definition) is 1. The number of nitrogens with zero attached hydrogens (tertiary/aromatic N) is 2. The molecule has 2 heterocycles. The summed E-state index contributed by atoms with van der Waals surface area (Å²) in [6.07, 6.45) is 0.679. The molecule has 0 atom stereocenters. The summed E-state index contributed by atoms with van der Waals surface area (Å²) < 4.78 is 10.2. The minimum atomic E-state index is -0.106. The average molecular weight is 329 g/mol. The zero-order valence-corrected chi connectivity index (χ0v) is 13.3. The minimum Gasteiger partial charge on any atom is -0.497 e. The van der Waals surface area contributed by atoms with Crippen LogP contribution < -0.4 is 10.1 Å². The molecule has 0 spiro atoms. The molecule has 0 aliphatic rings. The first-order valence-electron chi connectivity index (χ1n) is 7.05. The van der Waals surface area contributed by atoms with Crippen molar-refractivity contribution in [3.63, 3.8) is 0 Å². The van der Waals surface area contributed by atoms with Crippen molar-refractivity contribution in [3.8, 4) is 16.5 Å². The number of ether oxygens (including phenoxy) is 1. The molecule has 3 rings (SSSR count). The molecule has 3 aromatic rings. The van der Waals surface area contributed by atoms with Gasteiger partial charge in [-0.2, -0.15) is 4.98 Å². The van der Waals surface area contributed by atoms with E-state index in [1.807, 2.05) is 17.5 Å². The Labute approximate surface area is 137 Å². The Kier molecular flexibility index (Phi) is 4.68. The lowest BCUT2D eigenvalue weighted by Crippen LogP contribution is -2.12. The number of thiophene rings is 1. The second-order valence-corrected chi connectivity index (χ2v) is 5.71. The molecule has 0 aliphatic carbocycles. The van der Waals surface area contributed by atoms with E-state index in [1.165, 1.54) is 0 Å². The molecule has 0 saturated carbocycles. The summed E-state index contributed by atoms with van der Waals surface area (Å²) in [5.41, 5.74) is 0.723. The number of anilines is 1. The molecule has 1 amide bonds. The highest BCUT2D eigenvalue weighted by atomic mass is 32.1. The maximum absolute atomic E-state index is 11.9. The largest absolute Gasteiger partial charge is 0.497 e. The standard InChI is InChI=1S/C16H15N3O3S/c1-21-12-6-4-11(5-7-12)17-14(20)8-9-15-18-16(19-22-15)13-3-2-10-23-13/h2-7,10H,8-9H2,1H3,(H,17,20). The normalized spacial score (nSPS) is 10.5. The summed E-state index contributed by atoms with van der Waals surface area (Å²) in [6, 6.07) is 11.0. The van der Waals surface area contributed by atoms with Crippen molar-refractivity contribution in [1.29, 1.82) is 0 Å². The summed E-state index contributed by atoms with van der Waals surface area (Å²) in [6.45, 7) is 0. The van der Waals surface area contributed by atoms with E-state index in [0.29, 0.717) is 18.1 Å². The molecule has 1 N–H and O–H groups in total. The predicted octanol–water partition coefficient (Wildman–Crippen LogP) is 3.38. The fraction of sp³-hybridized carbons (Fsp3) is 0.188. The van der Waals surface area contributed by atoms with Gasteiger partial charge in [0.25, 0.3) is 0 Å². The summed E-state index contributed by atoms with van der Waals surface area (Å²) in [5, 5.41) is 8.69. The van der Waals surface area contributed by atoms with Gasteiger partial charge < -0.3 is 14.6 Å². The third-order valence-electron chi connectivity index (χ3n) is 3.15. The highest BCUT2D eigenvalue weighted by Crippen LogP contribution is 2.21. The van der Waals surface area contributed by atoms with Crippen LogP contribution in [0, 0.1) is 0 Å². The molecule has 23 heavy (non-hydrogen) atoms. The van der Waals surface area contributed by atoms with Gasteiger partial charge in [-0.1, -0.05) is 11.2 Å². The zero-order chi connectivity index (χ0) is 16.1. The number of carbonyl (C=O) groups excluding carboxylic acids is 1. The number of carbonyl (C=O) groups is 1. The molecule has 0 radical (unpaired) electrons. The Balaban J connectivity index is 1.52. The number of amides is 1. The van der Waals surface area contributed by atoms with Crippen molar-refractivity contribution in [1.82, 2.24) is 10.1 Å². The second kappa shape index (κ2) is 7.06. The van der Waals surface area contributed by atoms with Gasteiger partial charge in [-0.25, -0.2) is 0 Å². The average Bonchev–Trinajstić information content (AvgIpc) is 3.25. The molecule has 1 aromatic carbocycles. The molecule has 2 aromatic heterocycles. The van der Waals surface area contributed by atoms with Crippen LogP contribution in [-0.4, -0.2) is 23.2 Å². The maximum Gasteiger partial charge on any atom is 0.227 e. The van der Waals surface area contributed by atoms with Crippen LogP contribution in [0.3, 0.4) is 0 Å². The lowest BCUT2D eigenvalue weighted by atomic mass is 10.2. The fourth-order valence-electron chi connectivity index (χ4n) is 1.98. The van der Waals surface area contributed by atoms with E-state index in [4.69, 9.17) is 9.26 Å². The number of rotatable bonds is 6. The third-order valence-corrected chi connectivity index (χ3v) is 4.02. The Morgan fingerprint density at radius 1 is 1.30 bits per heavy atom. The molecule has 7 heteroatoms. The SMILES string of the molecule is COc1ccc(NC(=O)CCc2nc(-c3cccs3)no2)cc1. The molecular formula is C16H15N3O3S. The van der Waals surface area contributed by atoms with Gasteiger partial charge in [0.2, 0.25) is 17.6 Å². The monoisotopic (exact) mass is 329 g/mol. The zero-order valence-electron chi connectivity index (χ0n) is 12.5. The van der Waals surface area contributed by atoms with Crippen molar-refractivity contribution in [3.05, 3.63) is 47.7 Å². The van der Waals surface area contributed by atoms with Crippen LogP contribution in [-0.2, 0) is 11.2 Å². The van der Waals surface area contributed by atoms with E-state index < -0.39 is 0 Å². The van der Waals surface area contributed by atoms with Crippen LogP contribution in [0.4, 0.5) is 5.69 Å². The molecule has 6 nitrogen and oxygen atoms in total. The van der Waals surface area contributed by atoms with Crippen LogP contribution >= 0.6 is 11.3 Å². The van der Waals surface area contributed by atoms with Crippen molar-refractivity contribution in [2.45, 2.75) is 12.8 Å². The number of nitrogens with one attached hydrogen (secondary N) is 1. The molecule has 0 bridgehead atoms. The lowest BCUT2D eigenvalue weighted by molar-refractivity contribution is -0.116. The quantitative estimate of drug-likeness (QED) is 0.750. The first-order chi connectivity index (χ1) is 11.2. The van der Waals surface area contributed by atoms with Gasteiger partial charge >= 0.3 is 0 Å². The van der Waals surface area contributed by atoms with Gasteiger partial charge in [-0.05, 0) is 35.7 Å². The van der Waals surface area contributed by atoms with Crippen molar-refractivity contribution >= 4 is 22.9 Å². The highest BCUT2D eigenvalue weighted by molar-refractivity contribution is 7.13. The summed E-state index contributed by atoms with van der Waals surface area (Å²) in [4.78, 5) is 17.2. The van der Waals surface area contributed by atoms with Crippen LogP contribution in [0.15, 0.2) is 46.3 Å². The van der Waals surface area contributed by atoms with E-state index in [1.54, 1.807) is 42.7 Å². The first kappa shape index (κ1) is 15.2. The van der Waals surface area contributed by atoms with Gasteiger partial charge in [0.15, 0.2) is 0 Å². The molecular weight excluding hydrogens is 314 g/mol. The van der Waals surface area contributed by atoms with Gasteiger partial charge in [-0.3, -0.25) is 4.79 Å². The molecule has 0 saturated heterocycles. The Bertz CT molecular complexity index is 766. The number of hydrogen-bond acceptors (Lipinski definition) is 6. The van der Waals surface area contributed by atoms with Crippen molar-refractivity contribution < 1.29 is 14.1 Å². The van der Waals surface area contributed by atoms with Gasteiger partial charge in [-0.15, -0.1) is 11.3 Å². The van der Waals surface area contributed by atoms with Crippen LogP contribution in [0.25, 0.3) is 10.7 Å². The van der Waals surface area contributed by atoms with Gasteiger partial charge in [0.1, 0.15) is 5.75 Å². The van der Waals surface area contributed by atoms with Crippen LogP contribution in [0.1, 0.15) is 12.3 Å². The molecule has 0 unspecified atom stereocenters. The van der Waals surface area contributed by atoms with E-state index in [0.717, 1.165) is 16.3 Å². The van der Waals surface area contributed by atoms with Gasteiger partial charge in [0, 0.05) is 18.5 Å². The Morgan fingerprint density at radius 2 is 2.13 bits per heavy atom. The van der Waals surface area contributed by atoms with E-state index >= 15 is 0 Å². The number of benzene rings is 1. The Morgan fingerprint density at radius 3 is 2.83 bits per heavy atom. The molecule has 0 fully saturated rings. The molecule has 118 valence electrons. The lowest BCUT2D eigenvalue weighted by Gasteiger charge is -2.05.